The summed E-state index contributed by atoms with van der Waals surface area (Å²) in [4.78, 5) is 39.0. The Bertz CT molecular complexity index is 1410. The van der Waals surface area contributed by atoms with Crippen LogP contribution in [0.5, 0.6) is 0 Å². The van der Waals surface area contributed by atoms with Crippen molar-refractivity contribution in [1.29, 1.82) is 0 Å². The smallest absolute Gasteiger partial charge is 0.343 e. The Balaban J connectivity index is 1.62. The second-order valence-electron chi connectivity index (χ2n) is 9.31. The van der Waals surface area contributed by atoms with Gasteiger partial charge in [-0.05, 0) is 17.7 Å². The van der Waals surface area contributed by atoms with E-state index in [1.165, 1.54) is 0 Å². The van der Waals surface area contributed by atoms with Crippen LogP contribution in [-0.2, 0) is 47.3 Å². The minimum atomic E-state index is -2.41. The first-order valence-corrected chi connectivity index (χ1v) is 12.2. The predicted molar refractivity (Wildman–Crippen MR) is 128 cm³/mol. The minimum Gasteiger partial charge on any atom is -0.437 e. The van der Waals surface area contributed by atoms with E-state index in [0.717, 1.165) is 5.56 Å². The highest BCUT2D eigenvalue weighted by Crippen LogP contribution is 2.46. The van der Waals surface area contributed by atoms with Crippen molar-refractivity contribution in [2.75, 3.05) is 6.54 Å². The third kappa shape index (κ3) is 3.97. The number of halogens is 1. The molecule has 2 N–H and O–H groups in total. The Morgan fingerprint density at radius 3 is 2.51 bits per heavy atom. The lowest BCUT2D eigenvalue weighted by molar-refractivity contribution is -0.280. The van der Waals surface area contributed by atoms with Gasteiger partial charge in [-0.25, -0.2) is 4.79 Å². The Morgan fingerprint density at radius 2 is 1.76 bits per heavy atom. The number of benzene rings is 2. The van der Waals surface area contributed by atoms with Crippen molar-refractivity contribution in [3.63, 3.8) is 0 Å². The zero-order valence-corrected chi connectivity index (χ0v) is 20.2. The van der Waals surface area contributed by atoms with Gasteiger partial charge >= 0.3 is 23.7 Å². The Kier molecular flexibility index (Phi) is 5.55. The number of esters is 3. The van der Waals surface area contributed by atoms with Crippen molar-refractivity contribution in [2.24, 2.45) is 0 Å². The van der Waals surface area contributed by atoms with Crippen LogP contribution >= 0.6 is 11.6 Å². The second-order valence-corrected chi connectivity index (χ2v) is 9.75. The molecule has 3 aliphatic heterocycles. The summed E-state index contributed by atoms with van der Waals surface area (Å²) in [6.07, 6.45) is -2.46. The maximum atomic E-state index is 13.2. The third-order valence-electron chi connectivity index (χ3n) is 6.75. The molecule has 10 nitrogen and oxygen atoms in total. The molecule has 1 spiro atoms. The number of nitrogens with one attached hydrogen (secondary N) is 1. The summed E-state index contributed by atoms with van der Waals surface area (Å²) in [6.45, 7) is 0.676. The highest BCUT2D eigenvalue weighted by atomic mass is 35.5. The number of nitrogens with zero attached hydrogens (tertiary/aromatic N) is 2. The summed E-state index contributed by atoms with van der Waals surface area (Å²) < 4.78 is 19.0. The molecule has 2 aromatic carbocycles. The molecular weight excluding hydrogens is 502 g/mol. The van der Waals surface area contributed by atoms with E-state index in [4.69, 9.17) is 30.9 Å². The van der Waals surface area contributed by atoms with Gasteiger partial charge in [-0.1, -0.05) is 54.1 Å². The van der Waals surface area contributed by atoms with E-state index in [0.29, 0.717) is 41.5 Å². The van der Waals surface area contributed by atoms with Crippen LogP contribution in [-0.4, -0.2) is 51.2 Å². The van der Waals surface area contributed by atoms with Gasteiger partial charge in [-0.3, -0.25) is 19.6 Å². The number of rotatable bonds is 3. The van der Waals surface area contributed by atoms with Gasteiger partial charge in [-0.15, -0.1) is 0 Å². The third-order valence-corrected chi connectivity index (χ3v) is 7.00. The molecule has 3 aromatic rings. The van der Waals surface area contributed by atoms with E-state index >= 15 is 0 Å². The molecule has 0 radical (unpaired) electrons. The molecule has 3 atom stereocenters. The molecule has 2 saturated heterocycles. The standard InChI is InChI=1S/C26H22ClN3O7/c27-17-8-6-16(7-9-17)22-21-18(30(29-22)14-15-4-2-1-3-5-15)10-11-28-23-26(21)36-20(32)13-25(34,24(33)37-26)12-19(31)35-23/h1-9,23,28,34H,10-14H2. The Morgan fingerprint density at radius 1 is 1.03 bits per heavy atom. The van der Waals surface area contributed by atoms with Gasteiger partial charge in [0.2, 0.25) is 6.23 Å². The number of hydrogen-bond acceptors (Lipinski definition) is 9. The van der Waals surface area contributed by atoms with Gasteiger partial charge in [-0.2, -0.15) is 5.10 Å². The first kappa shape index (κ1) is 23.7. The van der Waals surface area contributed by atoms with Crippen LogP contribution in [0.25, 0.3) is 11.3 Å². The highest BCUT2D eigenvalue weighted by molar-refractivity contribution is 6.30. The summed E-state index contributed by atoms with van der Waals surface area (Å²) in [6, 6.07) is 16.5. The van der Waals surface area contributed by atoms with E-state index in [-0.39, 0.29) is 5.56 Å². The molecule has 2 bridgehead atoms. The van der Waals surface area contributed by atoms with Gasteiger partial charge in [0, 0.05) is 23.6 Å². The fourth-order valence-electron chi connectivity index (χ4n) is 5.05. The lowest BCUT2D eigenvalue weighted by Gasteiger charge is -2.38. The van der Waals surface area contributed by atoms with Crippen LogP contribution in [0.4, 0.5) is 0 Å². The zero-order valence-electron chi connectivity index (χ0n) is 19.5. The molecule has 3 unspecified atom stereocenters. The molecule has 1 aromatic heterocycles. The molecular formula is C26H22ClN3O7. The maximum Gasteiger partial charge on any atom is 0.343 e. The molecule has 37 heavy (non-hydrogen) atoms. The van der Waals surface area contributed by atoms with Crippen molar-refractivity contribution in [1.82, 2.24) is 15.1 Å². The SMILES string of the molecule is O=C1CC2(O)CC(=O)OC3(OC2=O)c2c(-c4ccc(Cl)cc4)nn(Cc4ccccc4)c2CCNC3O1. The van der Waals surface area contributed by atoms with Crippen molar-refractivity contribution < 1.29 is 33.7 Å². The number of hydrogen-bond donors (Lipinski definition) is 2. The molecule has 4 heterocycles. The molecule has 11 heteroatoms. The Labute approximate surface area is 216 Å². The number of aromatic nitrogens is 2. The van der Waals surface area contributed by atoms with E-state index in [1.807, 2.05) is 30.3 Å². The molecule has 2 fully saturated rings. The van der Waals surface area contributed by atoms with Gasteiger partial charge in [0.15, 0.2) is 5.60 Å². The summed E-state index contributed by atoms with van der Waals surface area (Å²) in [5.74, 6) is -5.14. The molecule has 0 saturated carbocycles. The maximum absolute atomic E-state index is 13.2. The molecule has 0 aliphatic carbocycles. The average molecular weight is 524 g/mol. The fourth-order valence-corrected chi connectivity index (χ4v) is 5.17. The van der Waals surface area contributed by atoms with Crippen LogP contribution in [0, 0.1) is 0 Å². The van der Waals surface area contributed by atoms with E-state index in [9.17, 15) is 19.5 Å². The van der Waals surface area contributed by atoms with Crippen molar-refractivity contribution in [3.8, 4) is 11.3 Å². The number of fused-ring (bicyclic) bond motifs is 3. The average Bonchev–Trinajstić information content (AvgIpc) is 3.10. The number of carbonyl (C=O) groups is 3. The minimum absolute atomic E-state index is 0.265. The molecule has 3 aliphatic rings. The first-order chi connectivity index (χ1) is 17.8. The lowest BCUT2D eigenvalue weighted by atomic mass is 9.94. The van der Waals surface area contributed by atoms with E-state index in [2.05, 4.69) is 5.32 Å². The normalized spacial score (nSPS) is 27.0. The van der Waals surface area contributed by atoms with E-state index in [1.54, 1.807) is 28.9 Å². The monoisotopic (exact) mass is 523 g/mol. The fraction of sp³-hybridized carbons (Fsp3) is 0.308. The highest BCUT2D eigenvalue weighted by Gasteiger charge is 2.63. The van der Waals surface area contributed by atoms with Gasteiger partial charge in [0.25, 0.3) is 0 Å². The van der Waals surface area contributed by atoms with Gasteiger partial charge in [0.05, 0.1) is 30.6 Å². The van der Waals surface area contributed by atoms with Crippen molar-refractivity contribution >= 4 is 29.5 Å². The van der Waals surface area contributed by atoms with Crippen LogP contribution in [0.3, 0.4) is 0 Å². The summed E-state index contributed by atoms with van der Waals surface area (Å²) >= 11 is 6.12. The van der Waals surface area contributed by atoms with Gasteiger partial charge in [0.1, 0.15) is 5.69 Å². The van der Waals surface area contributed by atoms with Crippen LogP contribution in [0.15, 0.2) is 54.6 Å². The van der Waals surface area contributed by atoms with Crippen molar-refractivity contribution in [2.45, 2.75) is 43.4 Å². The van der Waals surface area contributed by atoms with Crippen LogP contribution < -0.4 is 5.32 Å². The Hall–Kier alpha value is -3.73. The summed E-state index contributed by atoms with van der Waals surface area (Å²) in [5, 5.41) is 19.3. The summed E-state index contributed by atoms with van der Waals surface area (Å²) in [7, 11) is 0. The topological polar surface area (TPSA) is 129 Å². The van der Waals surface area contributed by atoms with Crippen LogP contribution in [0.2, 0.25) is 5.02 Å². The summed E-state index contributed by atoms with van der Waals surface area (Å²) in [5.41, 5.74) is 0.416. The zero-order chi connectivity index (χ0) is 25.8. The van der Waals surface area contributed by atoms with Gasteiger partial charge < -0.3 is 19.3 Å². The lowest BCUT2D eigenvalue weighted by Crippen LogP contribution is -2.57. The second kappa shape index (κ2) is 8.69. The largest absolute Gasteiger partial charge is 0.437 e. The number of carbonyl (C=O) groups excluding carboxylic acids is 3. The quantitative estimate of drug-likeness (QED) is 0.495. The van der Waals surface area contributed by atoms with Crippen molar-refractivity contribution in [3.05, 3.63) is 76.4 Å². The van der Waals surface area contributed by atoms with E-state index < -0.39 is 48.4 Å². The predicted octanol–water partition coefficient (Wildman–Crippen LogP) is 2.04. The number of aliphatic hydroxyl groups is 1. The molecule has 6 rings (SSSR count). The first-order valence-electron chi connectivity index (χ1n) is 11.8. The molecule has 0 amide bonds. The van der Waals surface area contributed by atoms with Crippen LogP contribution in [0.1, 0.15) is 29.7 Å². The number of ether oxygens (including phenoxy) is 3. The molecule has 190 valence electrons.